The molecule has 0 aliphatic carbocycles. The minimum Gasteiger partial charge on any atom is -0.385 e. The molecule has 0 bridgehead atoms. The van der Waals surface area contributed by atoms with Crippen LogP contribution in [0.2, 0.25) is 0 Å². The van der Waals surface area contributed by atoms with Crippen LogP contribution in [-0.4, -0.2) is 21.6 Å². The third-order valence-corrected chi connectivity index (χ3v) is 6.66. The Bertz CT molecular complexity index is 1480. The van der Waals surface area contributed by atoms with E-state index in [2.05, 4.69) is 36.4 Å². The van der Waals surface area contributed by atoms with Gasteiger partial charge in [-0.1, -0.05) is 23.4 Å². The van der Waals surface area contributed by atoms with Crippen LogP contribution in [0.15, 0.2) is 88.8 Å². The average Bonchev–Trinajstić information content (AvgIpc) is 3.40. The maximum Gasteiger partial charge on any atom is 0.251 e. The second-order valence-corrected chi connectivity index (χ2v) is 9.89. The molecule has 0 saturated carbocycles. The normalized spacial score (nSPS) is 15.6. The van der Waals surface area contributed by atoms with Gasteiger partial charge in [-0.2, -0.15) is 0 Å². The van der Waals surface area contributed by atoms with Crippen LogP contribution in [0.1, 0.15) is 58.4 Å². The number of oxime groups is 1. The van der Waals surface area contributed by atoms with E-state index in [9.17, 15) is 9.18 Å². The van der Waals surface area contributed by atoms with Crippen LogP contribution in [0.5, 0.6) is 0 Å². The molecule has 2 aromatic carbocycles. The summed E-state index contributed by atoms with van der Waals surface area (Å²) in [6.07, 6.45) is 3.56. The average molecular weight is 559 g/mol. The number of halogens is 2. The lowest BCUT2D eigenvalue weighted by Crippen LogP contribution is -2.27. The summed E-state index contributed by atoms with van der Waals surface area (Å²) in [5.74, 6) is -0.652. The van der Waals surface area contributed by atoms with Gasteiger partial charge in [0.05, 0.1) is 23.1 Å². The van der Waals surface area contributed by atoms with Gasteiger partial charge in [-0.15, -0.1) is 0 Å². The maximum absolute atomic E-state index is 14.9. The van der Waals surface area contributed by atoms with Crippen molar-refractivity contribution in [2.75, 3.05) is 0 Å². The summed E-state index contributed by atoms with van der Waals surface area (Å²) in [7, 11) is 0. The molecule has 2 atom stereocenters. The summed E-state index contributed by atoms with van der Waals surface area (Å²) in [5.41, 5.74) is 5.05. The monoisotopic (exact) mass is 558 g/mol. The Hall–Kier alpha value is -3.91. The van der Waals surface area contributed by atoms with Crippen LogP contribution in [0.3, 0.4) is 0 Å². The summed E-state index contributed by atoms with van der Waals surface area (Å²) in [6.45, 7) is 3.70. The van der Waals surface area contributed by atoms with E-state index < -0.39 is 0 Å². The van der Waals surface area contributed by atoms with Gasteiger partial charge in [0.15, 0.2) is 6.10 Å². The van der Waals surface area contributed by atoms with Crippen LogP contribution in [0.4, 0.5) is 4.39 Å². The number of benzene rings is 2. The Balaban J connectivity index is 1.48. The first-order chi connectivity index (χ1) is 17.9. The predicted molar refractivity (Wildman–Crippen MR) is 144 cm³/mol. The number of carbonyl (C=O) groups excluding carboxylic acids is 1. The number of aryl methyl sites for hydroxylation is 1. The summed E-state index contributed by atoms with van der Waals surface area (Å²) in [5, 5.41) is 7.28. The number of aromatic nitrogens is 2. The summed E-state index contributed by atoms with van der Waals surface area (Å²) < 4.78 is 15.8. The molecule has 3 heterocycles. The number of carbonyl (C=O) groups is 1. The number of hydrogen-bond acceptors (Lipinski definition) is 5. The summed E-state index contributed by atoms with van der Waals surface area (Å²) >= 11 is 3.38. The van der Waals surface area contributed by atoms with Crippen molar-refractivity contribution in [1.29, 1.82) is 0 Å². The zero-order chi connectivity index (χ0) is 25.9. The lowest BCUT2D eigenvalue weighted by Gasteiger charge is -2.15. The third kappa shape index (κ3) is 5.59. The fourth-order valence-electron chi connectivity index (χ4n) is 4.21. The molecule has 0 fully saturated rings. The van der Waals surface area contributed by atoms with Crippen molar-refractivity contribution in [2.24, 2.45) is 5.16 Å². The van der Waals surface area contributed by atoms with E-state index in [-0.39, 0.29) is 23.9 Å². The van der Waals surface area contributed by atoms with Crippen molar-refractivity contribution in [3.05, 3.63) is 117 Å². The minimum atomic E-state index is -0.355. The highest BCUT2D eigenvalue weighted by atomic mass is 79.9. The SMILES string of the molecule is Cc1ccc(-c2cc(C(=O)N[C@H](C)c3ccc(Br)cn3)cc(C3=NOC(c4ccccn4)C3)c2)c(F)c1. The van der Waals surface area contributed by atoms with Gasteiger partial charge in [-0.3, -0.25) is 14.8 Å². The predicted octanol–water partition coefficient (Wildman–Crippen LogP) is 6.71. The third-order valence-electron chi connectivity index (χ3n) is 6.19. The highest BCUT2D eigenvalue weighted by Crippen LogP contribution is 2.32. The minimum absolute atomic E-state index is 0.298. The first kappa shape index (κ1) is 24.8. The van der Waals surface area contributed by atoms with Gasteiger partial charge in [0, 0.05) is 40.0 Å². The molecule has 1 N–H and O–H groups in total. The standard InChI is InChI=1S/C29H24BrFN4O2/c1-17-6-8-23(24(31)11-17)19-12-20(27-15-28(37-35-27)26-5-3-4-10-32-26)14-21(13-19)29(36)34-18(2)25-9-7-22(30)16-33-25/h3-14,16,18,28H,15H2,1-2H3,(H,34,36)/t18-,28?/m1/s1. The zero-order valence-electron chi connectivity index (χ0n) is 20.3. The van der Waals surface area contributed by atoms with Crippen LogP contribution < -0.4 is 5.32 Å². The van der Waals surface area contributed by atoms with Crippen molar-refractivity contribution in [2.45, 2.75) is 32.4 Å². The lowest BCUT2D eigenvalue weighted by atomic mass is 9.94. The van der Waals surface area contributed by atoms with Crippen LogP contribution >= 0.6 is 15.9 Å². The van der Waals surface area contributed by atoms with Crippen molar-refractivity contribution < 1.29 is 14.0 Å². The molecule has 5 rings (SSSR count). The number of rotatable bonds is 6. The van der Waals surface area contributed by atoms with Crippen molar-refractivity contribution in [3.63, 3.8) is 0 Å². The molecule has 2 aromatic heterocycles. The van der Waals surface area contributed by atoms with Gasteiger partial charge >= 0.3 is 0 Å². The van der Waals surface area contributed by atoms with Crippen molar-refractivity contribution in [3.8, 4) is 11.1 Å². The summed E-state index contributed by atoms with van der Waals surface area (Å²) in [4.78, 5) is 27.8. The molecule has 8 heteroatoms. The highest BCUT2D eigenvalue weighted by molar-refractivity contribution is 9.10. The van der Waals surface area contributed by atoms with Crippen LogP contribution in [-0.2, 0) is 4.84 Å². The first-order valence-electron chi connectivity index (χ1n) is 11.9. The molecule has 1 aliphatic heterocycles. The molecule has 4 aromatic rings. The fourth-order valence-corrected chi connectivity index (χ4v) is 4.44. The van der Waals surface area contributed by atoms with E-state index >= 15 is 0 Å². The van der Waals surface area contributed by atoms with Gasteiger partial charge in [0.25, 0.3) is 5.91 Å². The molecule has 0 saturated heterocycles. The van der Waals surface area contributed by atoms with Crippen molar-refractivity contribution >= 4 is 27.5 Å². The number of hydrogen-bond donors (Lipinski definition) is 1. The fraction of sp³-hybridized carbons (Fsp3) is 0.172. The Labute approximate surface area is 222 Å². The van der Waals surface area contributed by atoms with Crippen LogP contribution in [0.25, 0.3) is 11.1 Å². The van der Waals surface area contributed by atoms with Gasteiger partial charge in [0.1, 0.15) is 5.82 Å². The van der Waals surface area contributed by atoms with E-state index in [0.29, 0.717) is 34.4 Å². The molecular weight excluding hydrogens is 535 g/mol. The Morgan fingerprint density at radius 3 is 2.65 bits per heavy atom. The molecular formula is C29H24BrFN4O2. The quantitative estimate of drug-likeness (QED) is 0.285. The highest BCUT2D eigenvalue weighted by Gasteiger charge is 2.26. The van der Waals surface area contributed by atoms with Gasteiger partial charge in [0.2, 0.25) is 0 Å². The second-order valence-electron chi connectivity index (χ2n) is 8.97. The maximum atomic E-state index is 14.9. The first-order valence-corrected chi connectivity index (χ1v) is 12.6. The Morgan fingerprint density at radius 2 is 1.92 bits per heavy atom. The van der Waals surface area contributed by atoms with Gasteiger partial charge < -0.3 is 10.2 Å². The number of nitrogens with zero attached hydrogens (tertiary/aromatic N) is 3. The van der Waals surface area contributed by atoms with Gasteiger partial charge in [-0.25, -0.2) is 4.39 Å². The zero-order valence-corrected chi connectivity index (χ0v) is 21.9. The molecule has 1 unspecified atom stereocenters. The molecule has 0 radical (unpaired) electrons. The van der Waals surface area contributed by atoms with E-state index in [0.717, 1.165) is 21.4 Å². The lowest BCUT2D eigenvalue weighted by molar-refractivity contribution is 0.0826. The Kier molecular flexibility index (Phi) is 7.10. The number of pyridine rings is 2. The smallest absolute Gasteiger partial charge is 0.251 e. The molecule has 186 valence electrons. The van der Waals surface area contributed by atoms with Crippen molar-refractivity contribution in [1.82, 2.24) is 15.3 Å². The topological polar surface area (TPSA) is 76.5 Å². The molecule has 37 heavy (non-hydrogen) atoms. The Morgan fingerprint density at radius 1 is 1.08 bits per heavy atom. The second kappa shape index (κ2) is 10.6. The number of amides is 1. The van der Waals surface area contributed by atoms with Crippen LogP contribution in [0, 0.1) is 12.7 Å². The molecule has 0 spiro atoms. The van der Waals surface area contributed by atoms with E-state index in [1.807, 2.05) is 56.3 Å². The molecule has 1 aliphatic rings. The summed E-state index contributed by atoms with van der Waals surface area (Å²) in [6, 6.07) is 19.4. The van der Waals surface area contributed by atoms with E-state index in [4.69, 9.17) is 4.84 Å². The largest absolute Gasteiger partial charge is 0.385 e. The molecule has 1 amide bonds. The van der Waals surface area contributed by atoms with Gasteiger partial charge in [-0.05, 0) is 89.4 Å². The van der Waals surface area contributed by atoms with E-state index in [1.165, 1.54) is 6.07 Å². The number of nitrogens with one attached hydrogen (secondary N) is 1. The molecule has 6 nitrogen and oxygen atoms in total. The van der Waals surface area contributed by atoms with E-state index in [1.54, 1.807) is 30.6 Å².